The first-order valence-electron chi connectivity index (χ1n) is 8.35. The van der Waals surface area contributed by atoms with Gasteiger partial charge in [-0.15, -0.1) is 11.3 Å². The summed E-state index contributed by atoms with van der Waals surface area (Å²) in [5.74, 6) is -0.649. The summed E-state index contributed by atoms with van der Waals surface area (Å²) in [4.78, 5) is 17.0. The number of hydrogen-bond acceptors (Lipinski definition) is 4. The number of amides is 1. The zero-order valence-corrected chi connectivity index (χ0v) is 15.5. The first-order valence-corrected chi connectivity index (χ1v) is 9.23. The van der Waals surface area contributed by atoms with Gasteiger partial charge in [0.15, 0.2) is 0 Å². The Hall–Kier alpha value is -3.39. The van der Waals surface area contributed by atoms with Crippen molar-refractivity contribution in [3.05, 3.63) is 82.9 Å². The molecule has 0 fully saturated rings. The number of rotatable bonds is 4. The van der Waals surface area contributed by atoms with Crippen molar-refractivity contribution in [1.82, 2.24) is 14.8 Å². The topological polar surface area (TPSA) is 59.8 Å². The fourth-order valence-corrected chi connectivity index (χ4v) is 3.43. The Morgan fingerprint density at radius 3 is 2.36 bits per heavy atom. The molecule has 0 aliphatic rings. The number of aryl methyl sites for hydroxylation is 1. The summed E-state index contributed by atoms with van der Waals surface area (Å²) >= 11 is 1.35. The van der Waals surface area contributed by atoms with Crippen LogP contribution in [0.5, 0.6) is 0 Å². The van der Waals surface area contributed by atoms with Gasteiger partial charge in [0.25, 0.3) is 5.91 Å². The lowest BCUT2D eigenvalue weighted by Gasteiger charge is -2.06. The molecule has 0 bridgehead atoms. The molecular formula is C20H14F2N4OS. The molecule has 0 unspecified atom stereocenters. The molecule has 2 aromatic carbocycles. The van der Waals surface area contributed by atoms with E-state index < -0.39 is 5.82 Å². The highest BCUT2D eigenvalue weighted by Gasteiger charge is 2.15. The number of nitrogens with zero attached hydrogens (tertiary/aromatic N) is 3. The minimum absolute atomic E-state index is 0.312. The van der Waals surface area contributed by atoms with E-state index in [2.05, 4.69) is 15.4 Å². The van der Waals surface area contributed by atoms with Gasteiger partial charge >= 0.3 is 0 Å². The summed E-state index contributed by atoms with van der Waals surface area (Å²) in [7, 11) is 0. The van der Waals surface area contributed by atoms with Gasteiger partial charge in [-0.05, 0) is 55.5 Å². The van der Waals surface area contributed by atoms with E-state index in [1.54, 1.807) is 25.1 Å². The predicted octanol–water partition coefficient (Wildman–Crippen LogP) is 4.83. The van der Waals surface area contributed by atoms with E-state index in [0.29, 0.717) is 27.9 Å². The number of hydrogen-bond donors (Lipinski definition) is 1. The van der Waals surface area contributed by atoms with Gasteiger partial charge in [-0.1, -0.05) is 0 Å². The lowest BCUT2D eigenvalue weighted by Crippen LogP contribution is -2.15. The van der Waals surface area contributed by atoms with E-state index in [1.807, 2.05) is 5.38 Å². The maximum atomic E-state index is 13.1. The molecule has 2 heterocycles. The molecule has 8 heteroatoms. The van der Waals surface area contributed by atoms with Crippen LogP contribution in [0.3, 0.4) is 0 Å². The molecule has 0 saturated heterocycles. The van der Waals surface area contributed by atoms with Crippen molar-refractivity contribution in [2.24, 2.45) is 0 Å². The molecule has 0 saturated carbocycles. The van der Waals surface area contributed by atoms with Crippen LogP contribution in [-0.4, -0.2) is 20.7 Å². The van der Waals surface area contributed by atoms with Crippen molar-refractivity contribution in [2.75, 3.05) is 5.32 Å². The predicted molar refractivity (Wildman–Crippen MR) is 104 cm³/mol. The standard InChI is InChI=1S/C20H14F2N4OS/c1-12-10-18(24-19(27)14-4-8-16(22)9-5-14)26(25-12)20-23-17(11-28-20)13-2-6-15(21)7-3-13/h2-11H,1H3,(H,24,27). The lowest BCUT2D eigenvalue weighted by molar-refractivity contribution is 0.102. The molecule has 2 aromatic heterocycles. The maximum Gasteiger partial charge on any atom is 0.256 e. The van der Waals surface area contributed by atoms with E-state index in [0.717, 1.165) is 5.56 Å². The molecule has 0 aliphatic carbocycles. The Morgan fingerprint density at radius 1 is 1.04 bits per heavy atom. The van der Waals surface area contributed by atoms with E-state index >= 15 is 0 Å². The van der Waals surface area contributed by atoms with Crippen LogP contribution in [0.25, 0.3) is 16.4 Å². The normalized spacial score (nSPS) is 10.8. The quantitative estimate of drug-likeness (QED) is 0.537. The second-order valence-electron chi connectivity index (χ2n) is 6.07. The van der Waals surface area contributed by atoms with Crippen molar-refractivity contribution in [2.45, 2.75) is 6.92 Å². The minimum atomic E-state index is -0.409. The molecule has 140 valence electrons. The second-order valence-corrected chi connectivity index (χ2v) is 6.90. The van der Waals surface area contributed by atoms with E-state index in [1.165, 1.54) is 52.4 Å². The summed E-state index contributed by atoms with van der Waals surface area (Å²) in [6.07, 6.45) is 0. The average molecular weight is 396 g/mol. The molecule has 5 nitrogen and oxygen atoms in total. The monoisotopic (exact) mass is 396 g/mol. The van der Waals surface area contributed by atoms with Crippen LogP contribution in [0.2, 0.25) is 0 Å². The van der Waals surface area contributed by atoms with Crippen LogP contribution in [-0.2, 0) is 0 Å². The van der Waals surface area contributed by atoms with E-state index in [-0.39, 0.29) is 11.7 Å². The molecule has 28 heavy (non-hydrogen) atoms. The average Bonchev–Trinajstić information content (AvgIpc) is 3.29. The van der Waals surface area contributed by atoms with Crippen molar-refractivity contribution < 1.29 is 13.6 Å². The summed E-state index contributed by atoms with van der Waals surface area (Å²) in [5, 5.41) is 9.57. The third-order valence-corrected chi connectivity index (χ3v) is 4.81. The van der Waals surface area contributed by atoms with Crippen LogP contribution in [0.4, 0.5) is 14.6 Å². The van der Waals surface area contributed by atoms with Crippen molar-refractivity contribution in [3.63, 3.8) is 0 Å². The summed E-state index contributed by atoms with van der Waals surface area (Å²) in [5.41, 5.74) is 2.50. The van der Waals surface area contributed by atoms with E-state index in [4.69, 9.17) is 0 Å². The Kier molecular flexibility index (Phi) is 4.70. The van der Waals surface area contributed by atoms with Gasteiger partial charge in [0, 0.05) is 22.6 Å². The zero-order valence-electron chi connectivity index (χ0n) is 14.7. The lowest BCUT2D eigenvalue weighted by atomic mass is 10.2. The van der Waals surface area contributed by atoms with Gasteiger partial charge in [0.1, 0.15) is 17.5 Å². The van der Waals surface area contributed by atoms with Crippen LogP contribution in [0.1, 0.15) is 16.1 Å². The third-order valence-electron chi connectivity index (χ3n) is 3.99. The molecule has 0 aliphatic heterocycles. The minimum Gasteiger partial charge on any atom is -0.306 e. The number of thiazole rings is 1. The van der Waals surface area contributed by atoms with Crippen molar-refractivity contribution >= 4 is 23.1 Å². The molecule has 1 N–H and O–H groups in total. The van der Waals surface area contributed by atoms with Gasteiger partial charge in [0.2, 0.25) is 5.13 Å². The maximum absolute atomic E-state index is 13.1. The van der Waals surface area contributed by atoms with Crippen LogP contribution in [0.15, 0.2) is 60.0 Å². The Labute approximate surface area is 163 Å². The number of carbonyl (C=O) groups is 1. The SMILES string of the molecule is Cc1cc(NC(=O)c2ccc(F)cc2)n(-c2nc(-c3ccc(F)cc3)cs2)n1. The molecule has 4 aromatic rings. The van der Waals surface area contributed by atoms with Crippen LogP contribution in [0, 0.1) is 18.6 Å². The van der Waals surface area contributed by atoms with Gasteiger partial charge < -0.3 is 5.32 Å². The molecule has 0 atom stereocenters. The smallest absolute Gasteiger partial charge is 0.256 e. The number of carbonyl (C=O) groups excluding carboxylic acids is 1. The summed E-state index contributed by atoms with van der Waals surface area (Å²) in [6, 6.07) is 13.1. The molecular weight excluding hydrogens is 382 g/mol. The molecule has 4 rings (SSSR count). The Balaban J connectivity index is 1.62. The van der Waals surface area contributed by atoms with Crippen molar-refractivity contribution in [3.8, 4) is 16.4 Å². The zero-order chi connectivity index (χ0) is 19.7. The van der Waals surface area contributed by atoms with E-state index in [9.17, 15) is 13.6 Å². The van der Waals surface area contributed by atoms with Gasteiger partial charge in [-0.3, -0.25) is 4.79 Å². The molecule has 0 spiro atoms. The van der Waals surface area contributed by atoms with Crippen molar-refractivity contribution in [1.29, 1.82) is 0 Å². The fourth-order valence-electron chi connectivity index (χ4n) is 2.64. The highest BCUT2D eigenvalue weighted by Crippen LogP contribution is 2.26. The third kappa shape index (κ3) is 3.67. The number of aromatic nitrogens is 3. The van der Waals surface area contributed by atoms with Crippen LogP contribution < -0.4 is 5.32 Å². The second kappa shape index (κ2) is 7.32. The van der Waals surface area contributed by atoms with Crippen LogP contribution >= 0.6 is 11.3 Å². The summed E-state index contributed by atoms with van der Waals surface area (Å²) < 4.78 is 27.7. The first-order chi connectivity index (χ1) is 13.5. The van der Waals surface area contributed by atoms with Gasteiger partial charge in [-0.25, -0.2) is 13.8 Å². The summed E-state index contributed by atoms with van der Waals surface area (Å²) in [6.45, 7) is 1.80. The Morgan fingerprint density at radius 2 is 1.68 bits per heavy atom. The number of halogens is 2. The number of nitrogens with one attached hydrogen (secondary N) is 1. The molecule has 1 amide bonds. The molecule has 0 radical (unpaired) electrons. The largest absolute Gasteiger partial charge is 0.306 e. The Bertz CT molecular complexity index is 1130. The highest BCUT2D eigenvalue weighted by atomic mass is 32.1. The number of benzene rings is 2. The highest BCUT2D eigenvalue weighted by molar-refractivity contribution is 7.12. The first kappa shape index (κ1) is 18.0. The number of anilines is 1. The van der Waals surface area contributed by atoms with Gasteiger partial charge in [0.05, 0.1) is 11.4 Å². The van der Waals surface area contributed by atoms with Gasteiger partial charge in [-0.2, -0.15) is 9.78 Å². The fraction of sp³-hybridized carbons (Fsp3) is 0.0500.